The second-order valence-corrected chi connectivity index (χ2v) is 8.06. The summed E-state index contributed by atoms with van der Waals surface area (Å²) in [5.41, 5.74) is 3.34. The van der Waals surface area contributed by atoms with Crippen LogP contribution in [-0.2, 0) is 11.8 Å². The van der Waals surface area contributed by atoms with Gasteiger partial charge in [0, 0.05) is 5.41 Å². The number of carbonyl (C=O) groups excluding carboxylic acids is 1. The molecular weight excluding hydrogens is 388 g/mol. The summed E-state index contributed by atoms with van der Waals surface area (Å²) in [5, 5.41) is 0. The van der Waals surface area contributed by atoms with E-state index in [0.717, 1.165) is 30.4 Å². The topological polar surface area (TPSA) is 44.8 Å². The van der Waals surface area contributed by atoms with Crippen LogP contribution in [0.3, 0.4) is 0 Å². The highest BCUT2D eigenvalue weighted by Crippen LogP contribution is 2.33. The van der Waals surface area contributed by atoms with Crippen molar-refractivity contribution in [3.63, 3.8) is 0 Å². The largest absolute Gasteiger partial charge is 0.519 e. The lowest BCUT2D eigenvalue weighted by molar-refractivity contribution is 0.150. The molecule has 162 valence electrons. The van der Waals surface area contributed by atoms with Gasteiger partial charge >= 0.3 is 6.16 Å². The molecule has 0 atom stereocenters. The van der Waals surface area contributed by atoms with Crippen LogP contribution in [0.4, 0.5) is 4.79 Å². The molecule has 4 nitrogen and oxygen atoms in total. The van der Waals surface area contributed by atoms with Gasteiger partial charge in [0.2, 0.25) is 0 Å². The molecule has 3 aromatic carbocycles. The van der Waals surface area contributed by atoms with Crippen molar-refractivity contribution in [1.29, 1.82) is 0 Å². The van der Waals surface area contributed by atoms with Crippen molar-refractivity contribution in [1.82, 2.24) is 0 Å². The Hall–Kier alpha value is -3.27. The maximum absolute atomic E-state index is 12.3. The van der Waals surface area contributed by atoms with Crippen molar-refractivity contribution in [3.05, 3.63) is 89.5 Å². The van der Waals surface area contributed by atoms with Gasteiger partial charge in [0.1, 0.15) is 5.75 Å². The minimum atomic E-state index is -0.797. The standard InChI is InChI=1S/C27H30O4/c1-5-6-10-20-13-18-24(25(19-20)29-4)31-26(28)30-23-16-14-22(15-17-23)27(2,3)21-11-8-7-9-12-21/h7-9,11-19H,5-6,10H2,1-4H3. The fourth-order valence-electron chi connectivity index (χ4n) is 3.50. The second kappa shape index (κ2) is 10.2. The van der Waals surface area contributed by atoms with E-state index in [0.29, 0.717) is 17.2 Å². The Morgan fingerprint density at radius 2 is 1.52 bits per heavy atom. The minimum absolute atomic E-state index is 0.160. The maximum atomic E-state index is 12.3. The molecule has 0 aliphatic rings. The number of hydrogen-bond donors (Lipinski definition) is 0. The van der Waals surface area contributed by atoms with Gasteiger partial charge < -0.3 is 14.2 Å². The predicted octanol–water partition coefficient (Wildman–Crippen LogP) is 6.94. The third-order valence-electron chi connectivity index (χ3n) is 5.51. The van der Waals surface area contributed by atoms with Gasteiger partial charge in [-0.2, -0.15) is 0 Å². The molecule has 3 aromatic rings. The third-order valence-corrected chi connectivity index (χ3v) is 5.51. The highest BCUT2D eigenvalue weighted by Gasteiger charge is 2.23. The quantitative estimate of drug-likeness (QED) is 0.293. The molecule has 0 aliphatic heterocycles. The van der Waals surface area contributed by atoms with Gasteiger partial charge in [-0.25, -0.2) is 4.79 Å². The zero-order chi connectivity index (χ0) is 22.3. The average Bonchev–Trinajstić information content (AvgIpc) is 2.79. The number of carbonyl (C=O) groups is 1. The molecule has 0 aromatic heterocycles. The van der Waals surface area contributed by atoms with E-state index in [2.05, 4.69) is 32.9 Å². The van der Waals surface area contributed by atoms with Crippen LogP contribution in [0.15, 0.2) is 72.8 Å². The van der Waals surface area contributed by atoms with E-state index in [4.69, 9.17) is 14.2 Å². The molecule has 0 aliphatic carbocycles. The van der Waals surface area contributed by atoms with Gasteiger partial charge in [-0.1, -0.05) is 75.7 Å². The zero-order valence-corrected chi connectivity index (χ0v) is 18.7. The summed E-state index contributed by atoms with van der Waals surface area (Å²) < 4.78 is 16.1. The Morgan fingerprint density at radius 3 is 2.16 bits per heavy atom. The van der Waals surface area contributed by atoms with Crippen LogP contribution in [0, 0.1) is 0 Å². The van der Waals surface area contributed by atoms with Gasteiger partial charge in [-0.3, -0.25) is 0 Å². The summed E-state index contributed by atoms with van der Waals surface area (Å²) in [6.07, 6.45) is 2.38. The van der Waals surface area contributed by atoms with E-state index in [9.17, 15) is 4.79 Å². The lowest BCUT2D eigenvalue weighted by atomic mass is 9.78. The number of rotatable bonds is 8. The van der Waals surface area contributed by atoms with Crippen LogP contribution >= 0.6 is 0 Å². The van der Waals surface area contributed by atoms with Crippen LogP contribution in [0.5, 0.6) is 17.2 Å². The molecule has 0 heterocycles. The molecule has 0 saturated heterocycles. The predicted molar refractivity (Wildman–Crippen MR) is 123 cm³/mol. The molecule has 0 spiro atoms. The molecule has 0 radical (unpaired) electrons. The molecule has 0 N–H and O–H groups in total. The molecule has 31 heavy (non-hydrogen) atoms. The van der Waals surface area contributed by atoms with Gasteiger partial charge in [0.15, 0.2) is 11.5 Å². The van der Waals surface area contributed by atoms with Crippen molar-refractivity contribution >= 4 is 6.16 Å². The van der Waals surface area contributed by atoms with Gasteiger partial charge in [-0.05, 0) is 53.8 Å². The molecule has 0 bridgehead atoms. The van der Waals surface area contributed by atoms with Crippen molar-refractivity contribution in [2.24, 2.45) is 0 Å². The fraction of sp³-hybridized carbons (Fsp3) is 0.296. The number of hydrogen-bond acceptors (Lipinski definition) is 4. The van der Waals surface area contributed by atoms with Crippen molar-refractivity contribution in [2.75, 3.05) is 7.11 Å². The molecule has 3 rings (SSSR count). The molecule has 4 heteroatoms. The van der Waals surface area contributed by atoms with Crippen molar-refractivity contribution in [2.45, 2.75) is 45.4 Å². The first-order valence-corrected chi connectivity index (χ1v) is 10.7. The van der Waals surface area contributed by atoms with E-state index in [-0.39, 0.29) is 5.41 Å². The van der Waals surface area contributed by atoms with Gasteiger partial charge in [-0.15, -0.1) is 0 Å². The number of aryl methyl sites for hydroxylation is 1. The first-order valence-electron chi connectivity index (χ1n) is 10.7. The van der Waals surface area contributed by atoms with Gasteiger partial charge in [0.05, 0.1) is 7.11 Å². The molecular formula is C27H30O4. The van der Waals surface area contributed by atoms with Crippen LogP contribution in [-0.4, -0.2) is 13.3 Å². The molecule has 0 amide bonds. The lowest BCUT2D eigenvalue weighted by Gasteiger charge is -2.26. The highest BCUT2D eigenvalue weighted by atomic mass is 16.7. The number of methoxy groups -OCH3 is 1. The zero-order valence-electron chi connectivity index (χ0n) is 18.7. The summed E-state index contributed by atoms with van der Waals surface area (Å²) in [6.45, 7) is 6.49. The fourth-order valence-corrected chi connectivity index (χ4v) is 3.50. The van der Waals surface area contributed by atoms with Crippen LogP contribution < -0.4 is 14.2 Å². The van der Waals surface area contributed by atoms with E-state index in [1.165, 1.54) is 5.56 Å². The first kappa shape index (κ1) is 22.4. The third kappa shape index (κ3) is 5.66. The van der Waals surface area contributed by atoms with E-state index < -0.39 is 6.16 Å². The Kier molecular flexibility index (Phi) is 7.35. The molecule has 0 fully saturated rings. The van der Waals surface area contributed by atoms with Gasteiger partial charge in [0.25, 0.3) is 0 Å². The second-order valence-electron chi connectivity index (χ2n) is 8.06. The average molecular weight is 419 g/mol. The minimum Gasteiger partial charge on any atom is -0.493 e. The summed E-state index contributed by atoms with van der Waals surface area (Å²) >= 11 is 0. The van der Waals surface area contributed by atoms with Crippen LogP contribution in [0.25, 0.3) is 0 Å². The Bertz CT molecular complexity index is 992. The summed E-state index contributed by atoms with van der Waals surface area (Å²) in [6, 6.07) is 23.4. The summed E-state index contributed by atoms with van der Waals surface area (Å²) in [5.74, 6) is 1.29. The molecule has 0 unspecified atom stereocenters. The first-order chi connectivity index (χ1) is 14.9. The molecule has 0 saturated carbocycles. The highest BCUT2D eigenvalue weighted by molar-refractivity contribution is 5.68. The normalized spacial score (nSPS) is 11.1. The van der Waals surface area contributed by atoms with E-state index in [1.807, 2.05) is 42.5 Å². The maximum Gasteiger partial charge on any atom is 0.519 e. The van der Waals surface area contributed by atoms with Crippen LogP contribution in [0.2, 0.25) is 0 Å². The van der Waals surface area contributed by atoms with E-state index in [1.54, 1.807) is 25.3 Å². The summed E-state index contributed by atoms with van der Waals surface area (Å²) in [7, 11) is 1.56. The van der Waals surface area contributed by atoms with Crippen LogP contribution in [0.1, 0.15) is 50.3 Å². The number of unbranched alkanes of at least 4 members (excludes halogenated alkanes) is 1. The van der Waals surface area contributed by atoms with Crippen molar-refractivity contribution < 1.29 is 19.0 Å². The van der Waals surface area contributed by atoms with E-state index >= 15 is 0 Å². The number of benzene rings is 3. The number of ether oxygens (including phenoxy) is 3. The lowest BCUT2D eigenvalue weighted by Crippen LogP contribution is -2.19. The Morgan fingerprint density at radius 1 is 0.839 bits per heavy atom. The summed E-state index contributed by atoms with van der Waals surface area (Å²) in [4.78, 5) is 12.3. The SMILES string of the molecule is CCCCc1ccc(OC(=O)Oc2ccc(C(C)(C)c3ccccc3)cc2)c(OC)c1. The Balaban J connectivity index is 1.66. The van der Waals surface area contributed by atoms with Crippen molar-refractivity contribution in [3.8, 4) is 17.2 Å². The smallest absolute Gasteiger partial charge is 0.493 e. The monoisotopic (exact) mass is 418 g/mol. The Labute approximate surface area is 184 Å².